The van der Waals surface area contributed by atoms with Crippen LogP contribution in [0.25, 0.3) is 75.4 Å². The molecule has 0 aromatic heterocycles. The number of hydrogen-bond acceptors (Lipinski definition) is 1. The predicted octanol–water partition coefficient (Wildman–Crippen LogP) is 12.1. The third kappa shape index (κ3) is 3.28. The predicted molar refractivity (Wildman–Crippen MR) is 186 cm³/mol. The van der Waals surface area contributed by atoms with Crippen LogP contribution in [0.2, 0.25) is 0 Å². The maximum Gasteiger partial charge on any atom is 0.0473 e. The second-order valence-corrected chi connectivity index (χ2v) is 11.8. The van der Waals surface area contributed by atoms with E-state index in [1.807, 2.05) is 0 Å². The average Bonchev–Trinajstić information content (AvgIpc) is 3.06. The maximum atomic E-state index is 2.44. The molecule has 0 aliphatic rings. The quantitative estimate of drug-likeness (QED) is 0.200. The van der Waals surface area contributed by atoms with E-state index in [-0.39, 0.29) is 0 Å². The van der Waals surface area contributed by atoms with E-state index < -0.39 is 0 Å². The van der Waals surface area contributed by atoms with Gasteiger partial charge in [-0.25, -0.2) is 0 Å². The van der Waals surface area contributed by atoms with Gasteiger partial charge in [0, 0.05) is 17.1 Å². The molecule has 0 fully saturated rings. The summed E-state index contributed by atoms with van der Waals surface area (Å²) in [5, 5.41) is 18.1. The van der Waals surface area contributed by atoms with Crippen molar-refractivity contribution >= 4 is 92.5 Å². The first-order valence-electron chi connectivity index (χ1n) is 14.9. The highest BCUT2D eigenvalue weighted by molar-refractivity contribution is 6.25. The van der Waals surface area contributed by atoms with Crippen molar-refractivity contribution in [1.29, 1.82) is 0 Å². The SMILES string of the molecule is c1ccc2cc(N(c3cc4ccc5cccc6ccc(c3)c4c56)c3cc4ccc5cccc6ccc(c3)c4c56)ccc2c1. The van der Waals surface area contributed by atoms with Gasteiger partial charge >= 0.3 is 0 Å². The van der Waals surface area contributed by atoms with Crippen LogP contribution < -0.4 is 4.90 Å². The van der Waals surface area contributed by atoms with Crippen LogP contribution in [-0.2, 0) is 0 Å². The zero-order valence-electron chi connectivity index (χ0n) is 23.4. The molecule has 0 amide bonds. The zero-order valence-corrected chi connectivity index (χ0v) is 23.4. The molecular formula is C42H25N. The second kappa shape index (κ2) is 8.44. The molecule has 10 aromatic rings. The molecular weight excluding hydrogens is 518 g/mol. The lowest BCUT2D eigenvalue weighted by atomic mass is 9.92. The highest BCUT2D eigenvalue weighted by atomic mass is 15.1. The molecule has 1 nitrogen and oxygen atoms in total. The van der Waals surface area contributed by atoms with E-state index in [2.05, 4.69) is 157 Å². The third-order valence-corrected chi connectivity index (χ3v) is 9.40. The molecule has 0 aliphatic heterocycles. The van der Waals surface area contributed by atoms with Crippen molar-refractivity contribution in [3.05, 3.63) is 152 Å². The maximum absolute atomic E-state index is 2.44. The second-order valence-electron chi connectivity index (χ2n) is 11.8. The molecule has 0 saturated heterocycles. The Morgan fingerprint density at radius 1 is 0.233 bits per heavy atom. The summed E-state index contributed by atoms with van der Waals surface area (Å²) in [5.74, 6) is 0. The number of fused-ring (bicyclic) bond motifs is 1. The first-order chi connectivity index (χ1) is 21.3. The van der Waals surface area contributed by atoms with Crippen molar-refractivity contribution in [1.82, 2.24) is 0 Å². The lowest BCUT2D eigenvalue weighted by molar-refractivity contribution is 1.31. The molecule has 1 heteroatoms. The lowest BCUT2D eigenvalue weighted by Crippen LogP contribution is -2.10. The first-order valence-corrected chi connectivity index (χ1v) is 14.9. The van der Waals surface area contributed by atoms with Gasteiger partial charge in [-0.05, 0) is 112 Å². The van der Waals surface area contributed by atoms with Crippen molar-refractivity contribution in [3.63, 3.8) is 0 Å². The molecule has 0 unspecified atom stereocenters. The number of hydrogen-bond donors (Lipinski definition) is 0. The summed E-state index contributed by atoms with van der Waals surface area (Å²) in [6.07, 6.45) is 0. The van der Waals surface area contributed by atoms with Gasteiger partial charge in [-0.2, -0.15) is 0 Å². The number of rotatable bonds is 3. The molecule has 10 rings (SSSR count). The van der Waals surface area contributed by atoms with Gasteiger partial charge in [0.25, 0.3) is 0 Å². The van der Waals surface area contributed by atoms with Crippen LogP contribution >= 0.6 is 0 Å². The van der Waals surface area contributed by atoms with Gasteiger partial charge in [-0.15, -0.1) is 0 Å². The summed E-state index contributed by atoms with van der Waals surface area (Å²) in [7, 11) is 0. The van der Waals surface area contributed by atoms with E-state index in [1.54, 1.807) is 0 Å². The van der Waals surface area contributed by atoms with Crippen molar-refractivity contribution in [3.8, 4) is 0 Å². The van der Waals surface area contributed by atoms with E-state index in [4.69, 9.17) is 0 Å². The van der Waals surface area contributed by atoms with Crippen LogP contribution in [0.4, 0.5) is 17.1 Å². The van der Waals surface area contributed by atoms with E-state index >= 15 is 0 Å². The Hall–Kier alpha value is -5.66. The summed E-state index contributed by atoms with van der Waals surface area (Å²) in [5.41, 5.74) is 3.47. The fourth-order valence-electron chi connectivity index (χ4n) is 7.50. The first kappa shape index (κ1) is 23.0. The Bertz CT molecular complexity index is 2410. The van der Waals surface area contributed by atoms with E-state index in [0.717, 1.165) is 17.1 Å². The van der Waals surface area contributed by atoms with Crippen molar-refractivity contribution < 1.29 is 0 Å². The van der Waals surface area contributed by atoms with Crippen LogP contribution in [0.3, 0.4) is 0 Å². The van der Waals surface area contributed by atoms with Crippen LogP contribution in [0.15, 0.2) is 152 Å². The van der Waals surface area contributed by atoms with Gasteiger partial charge < -0.3 is 4.90 Å². The molecule has 0 N–H and O–H groups in total. The summed E-state index contributed by atoms with van der Waals surface area (Å²) in [4.78, 5) is 2.44. The molecule has 0 spiro atoms. The van der Waals surface area contributed by atoms with Crippen LogP contribution in [-0.4, -0.2) is 0 Å². The van der Waals surface area contributed by atoms with E-state index in [1.165, 1.54) is 75.4 Å². The van der Waals surface area contributed by atoms with E-state index in [9.17, 15) is 0 Å². The summed E-state index contributed by atoms with van der Waals surface area (Å²) in [6.45, 7) is 0. The normalized spacial score (nSPS) is 12.2. The van der Waals surface area contributed by atoms with Gasteiger partial charge in [0.1, 0.15) is 0 Å². The smallest absolute Gasteiger partial charge is 0.0473 e. The average molecular weight is 544 g/mol. The number of nitrogens with zero attached hydrogens (tertiary/aromatic N) is 1. The number of anilines is 3. The van der Waals surface area contributed by atoms with Crippen LogP contribution in [0.1, 0.15) is 0 Å². The summed E-state index contributed by atoms with van der Waals surface area (Å²) < 4.78 is 0. The highest BCUT2D eigenvalue weighted by Crippen LogP contribution is 2.44. The lowest BCUT2D eigenvalue weighted by Gasteiger charge is -2.28. The number of benzene rings is 10. The van der Waals surface area contributed by atoms with Crippen molar-refractivity contribution in [2.45, 2.75) is 0 Å². The highest BCUT2D eigenvalue weighted by Gasteiger charge is 2.19. The van der Waals surface area contributed by atoms with Gasteiger partial charge in [-0.3, -0.25) is 0 Å². The Morgan fingerprint density at radius 2 is 0.558 bits per heavy atom. The molecule has 198 valence electrons. The van der Waals surface area contributed by atoms with Crippen molar-refractivity contribution in [2.24, 2.45) is 0 Å². The van der Waals surface area contributed by atoms with E-state index in [0.29, 0.717) is 0 Å². The Balaban J connectivity index is 1.28. The van der Waals surface area contributed by atoms with Crippen LogP contribution in [0, 0.1) is 0 Å². The Kier molecular flexibility index (Phi) is 4.51. The molecule has 0 aliphatic carbocycles. The minimum absolute atomic E-state index is 1.15. The third-order valence-electron chi connectivity index (χ3n) is 9.40. The van der Waals surface area contributed by atoms with Crippen molar-refractivity contribution in [2.75, 3.05) is 4.90 Å². The van der Waals surface area contributed by atoms with Gasteiger partial charge in [0.15, 0.2) is 0 Å². The fourth-order valence-corrected chi connectivity index (χ4v) is 7.50. The van der Waals surface area contributed by atoms with Gasteiger partial charge in [-0.1, -0.05) is 115 Å². The standard InChI is InChI=1S/C42H25N/c1-2-6-31-21-36(20-19-26(31)5-1)43(37-22-32-15-11-27-7-3-8-28-12-16-33(23-37)41(32)39(27)28)38-24-34-17-13-29-9-4-10-30-14-18-35(25-38)42(34)40(29)30/h1-25H. The monoisotopic (exact) mass is 543 g/mol. The molecule has 0 heterocycles. The largest absolute Gasteiger partial charge is 0.310 e. The molecule has 10 aromatic carbocycles. The summed E-state index contributed by atoms with van der Waals surface area (Å²) >= 11 is 0. The minimum Gasteiger partial charge on any atom is -0.310 e. The Labute approximate surface area is 248 Å². The Morgan fingerprint density at radius 3 is 1.02 bits per heavy atom. The molecule has 0 atom stereocenters. The van der Waals surface area contributed by atoms with Crippen LogP contribution in [0.5, 0.6) is 0 Å². The molecule has 0 bridgehead atoms. The molecule has 0 saturated carbocycles. The summed E-state index contributed by atoms with van der Waals surface area (Å²) in [6, 6.07) is 56.3. The minimum atomic E-state index is 1.15. The topological polar surface area (TPSA) is 3.24 Å². The van der Waals surface area contributed by atoms with Gasteiger partial charge in [0.05, 0.1) is 0 Å². The fraction of sp³-hybridized carbons (Fsp3) is 0. The van der Waals surface area contributed by atoms with Gasteiger partial charge in [0.2, 0.25) is 0 Å². The molecule has 43 heavy (non-hydrogen) atoms. The zero-order chi connectivity index (χ0) is 28.1. The molecule has 0 radical (unpaired) electrons.